The average Bonchev–Trinajstić information content (AvgIpc) is 2.31. The first-order valence-electron chi connectivity index (χ1n) is 5.73. The lowest BCUT2D eigenvalue weighted by molar-refractivity contribution is -0.143. The first kappa shape index (κ1) is 14.0. The number of nitrogens with one attached hydrogen (secondary N) is 1. The Bertz CT molecular complexity index is 351. The van der Waals surface area contributed by atoms with Gasteiger partial charge in [0.25, 0.3) is 0 Å². The quantitative estimate of drug-likeness (QED) is 0.794. The molecule has 1 atom stereocenters. The smallest absolute Gasteiger partial charge is 0.307 e. The molecule has 0 amide bonds. The zero-order valence-electron chi connectivity index (χ0n) is 10.2. The van der Waals surface area contributed by atoms with Crippen molar-refractivity contribution in [2.45, 2.75) is 25.8 Å². The second kappa shape index (κ2) is 7.30. The third-order valence-electron chi connectivity index (χ3n) is 2.52. The Morgan fingerprint density at radius 3 is 2.59 bits per heavy atom. The Labute approximate surface area is 107 Å². The van der Waals surface area contributed by atoms with Crippen LogP contribution in [0.3, 0.4) is 0 Å². The molecule has 0 bridgehead atoms. The highest BCUT2D eigenvalue weighted by Gasteiger charge is 2.13. The zero-order valence-corrected chi connectivity index (χ0v) is 11.0. The van der Waals surface area contributed by atoms with Crippen LogP contribution in [0, 0.1) is 0 Å². The van der Waals surface area contributed by atoms with E-state index in [1.807, 2.05) is 38.2 Å². The van der Waals surface area contributed by atoms with Crippen molar-refractivity contribution in [2.24, 2.45) is 0 Å². The van der Waals surface area contributed by atoms with E-state index >= 15 is 0 Å². The van der Waals surface area contributed by atoms with Gasteiger partial charge in [0.1, 0.15) is 0 Å². The summed E-state index contributed by atoms with van der Waals surface area (Å²) in [5.41, 5.74) is 1.15. The highest BCUT2D eigenvalue weighted by molar-refractivity contribution is 6.30. The normalized spacial score (nSPS) is 12.2. The van der Waals surface area contributed by atoms with Gasteiger partial charge in [-0.3, -0.25) is 4.79 Å². The molecular formula is C13H18ClNO2. The van der Waals surface area contributed by atoms with Crippen molar-refractivity contribution >= 4 is 17.6 Å². The van der Waals surface area contributed by atoms with Crippen molar-refractivity contribution in [1.29, 1.82) is 0 Å². The van der Waals surface area contributed by atoms with Gasteiger partial charge in [-0.2, -0.15) is 0 Å². The monoisotopic (exact) mass is 255 g/mol. The molecule has 94 valence electrons. The van der Waals surface area contributed by atoms with Crippen molar-refractivity contribution in [3.8, 4) is 0 Å². The lowest BCUT2D eigenvalue weighted by Crippen LogP contribution is -2.31. The topological polar surface area (TPSA) is 38.3 Å². The van der Waals surface area contributed by atoms with Gasteiger partial charge in [0, 0.05) is 11.1 Å². The summed E-state index contributed by atoms with van der Waals surface area (Å²) in [6.07, 6.45) is 1.17. The maximum Gasteiger partial charge on any atom is 0.307 e. The third kappa shape index (κ3) is 5.20. The molecule has 0 fully saturated rings. The molecule has 1 aromatic carbocycles. The molecule has 0 saturated heterocycles. The average molecular weight is 256 g/mol. The van der Waals surface area contributed by atoms with Gasteiger partial charge in [0.2, 0.25) is 0 Å². The molecule has 17 heavy (non-hydrogen) atoms. The fraction of sp³-hybridized carbons (Fsp3) is 0.462. The van der Waals surface area contributed by atoms with Crippen molar-refractivity contribution in [3.05, 3.63) is 34.9 Å². The van der Waals surface area contributed by atoms with Crippen molar-refractivity contribution in [1.82, 2.24) is 5.32 Å². The van der Waals surface area contributed by atoms with Crippen molar-refractivity contribution in [3.63, 3.8) is 0 Å². The minimum Gasteiger partial charge on any atom is -0.466 e. The molecule has 0 aromatic heterocycles. The van der Waals surface area contributed by atoms with E-state index in [4.69, 9.17) is 16.3 Å². The van der Waals surface area contributed by atoms with E-state index in [0.29, 0.717) is 13.0 Å². The van der Waals surface area contributed by atoms with Crippen molar-refractivity contribution < 1.29 is 9.53 Å². The molecule has 0 aliphatic rings. The third-order valence-corrected chi connectivity index (χ3v) is 2.77. The van der Waals surface area contributed by atoms with Crippen LogP contribution < -0.4 is 5.32 Å². The van der Waals surface area contributed by atoms with E-state index in [1.54, 1.807) is 0 Å². The highest BCUT2D eigenvalue weighted by atomic mass is 35.5. The Morgan fingerprint density at radius 2 is 2.06 bits per heavy atom. The van der Waals surface area contributed by atoms with Gasteiger partial charge in [0.15, 0.2) is 0 Å². The molecule has 0 aliphatic carbocycles. The van der Waals surface area contributed by atoms with Crippen LogP contribution in [0.1, 0.15) is 18.9 Å². The number of likely N-dealkylation sites (N-methyl/N-ethyl adjacent to an activating group) is 1. The summed E-state index contributed by atoms with van der Waals surface area (Å²) in [6, 6.07) is 7.74. The molecule has 0 radical (unpaired) electrons. The van der Waals surface area contributed by atoms with Crippen LogP contribution in [0.25, 0.3) is 0 Å². The lowest BCUT2D eigenvalue weighted by atomic mass is 10.0. The second-order valence-electron chi connectivity index (χ2n) is 3.83. The Balaban J connectivity index is 2.51. The first-order valence-corrected chi connectivity index (χ1v) is 6.10. The molecule has 0 saturated carbocycles. The lowest BCUT2D eigenvalue weighted by Gasteiger charge is -2.15. The van der Waals surface area contributed by atoms with Gasteiger partial charge in [0.05, 0.1) is 13.0 Å². The number of carbonyl (C=O) groups excluding carboxylic acids is 1. The van der Waals surface area contributed by atoms with Gasteiger partial charge < -0.3 is 10.1 Å². The molecule has 3 nitrogen and oxygen atoms in total. The molecule has 4 heteroatoms. The summed E-state index contributed by atoms with van der Waals surface area (Å²) in [4.78, 5) is 11.4. The summed E-state index contributed by atoms with van der Waals surface area (Å²) in [6.45, 7) is 2.24. The molecule has 0 aliphatic heterocycles. The minimum absolute atomic E-state index is 0.0928. The fourth-order valence-corrected chi connectivity index (χ4v) is 1.73. The van der Waals surface area contributed by atoms with E-state index in [-0.39, 0.29) is 12.0 Å². The number of hydrogen-bond donors (Lipinski definition) is 1. The van der Waals surface area contributed by atoms with E-state index in [1.165, 1.54) is 0 Å². The molecule has 0 spiro atoms. The summed E-state index contributed by atoms with van der Waals surface area (Å²) in [7, 11) is 1.85. The van der Waals surface area contributed by atoms with Gasteiger partial charge in [-0.1, -0.05) is 23.7 Å². The van der Waals surface area contributed by atoms with Crippen LogP contribution in [-0.4, -0.2) is 25.7 Å². The van der Waals surface area contributed by atoms with Gasteiger partial charge in [-0.05, 0) is 38.1 Å². The Hall–Kier alpha value is -1.06. The number of esters is 1. The fourth-order valence-electron chi connectivity index (χ4n) is 1.60. The van der Waals surface area contributed by atoms with Crippen LogP contribution in [-0.2, 0) is 16.0 Å². The molecule has 1 unspecified atom stereocenters. The summed E-state index contributed by atoms with van der Waals surface area (Å²) < 4.78 is 4.93. The number of benzene rings is 1. The molecule has 1 aromatic rings. The maximum absolute atomic E-state index is 11.4. The summed E-state index contributed by atoms with van der Waals surface area (Å²) in [5.74, 6) is -0.166. The summed E-state index contributed by atoms with van der Waals surface area (Å²) >= 11 is 5.82. The predicted octanol–water partition coefficient (Wildman–Crippen LogP) is 2.42. The van der Waals surface area contributed by atoms with Crippen LogP contribution in [0.15, 0.2) is 24.3 Å². The predicted molar refractivity (Wildman–Crippen MR) is 69.3 cm³/mol. The van der Waals surface area contributed by atoms with Crippen molar-refractivity contribution in [2.75, 3.05) is 13.7 Å². The van der Waals surface area contributed by atoms with Gasteiger partial charge >= 0.3 is 5.97 Å². The maximum atomic E-state index is 11.4. The Morgan fingerprint density at radius 1 is 1.41 bits per heavy atom. The SMILES string of the molecule is CCOC(=O)CC(Cc1ccc(Cl)cc1)NC. The van der Waals surface area contributed by atoms with E-state index < -0.39 is 0 Å². The number of hydrogen-bond acceptors (Lipinski definition) is 3. The zero-order chi connectivity index (χ0) is 12.7. The molecule has 1 N–H and O–H groups in total. The number of halogens is 1. The molecule has 1 rings (SSSR count). The van der Waals surface area contributed by atoms with E-state index in [9.17, 15) is 4.79 Å². The Kier molecular flexibility index (Phi) is 6.01. The largest absolute Gasteiger partial charge is 0.466 e. The van der Waals surface area contributed by atoms with E-state index in [0.717, 1.165) is 17.0 Å². The van der Waals surface area contributed by atoms with E-state index in [2.05, 4.69) is 5.32 Å². The molecule has 0 heterocycles. The highest BCUT2D eigenvalue weighted by Crippen LogP contribution is 2.12. The van der Waals surface area contributed by atoms with Crippen LogP contribution in [0.4, 0.5) is 0 Å². The number of rotatable bonds is 6. The summed E-state index contributed by atoms with van der Waals surface area (Å²) in [5, 5.41) is 3.84. The standard InChI is InChI=1S/C13H18ClNO2/c1-3-17-13(16)9-12(15-2)8-10-4-6-11(14)7-5-10/h4-7,12,15H,3,8-9H2,1-2H3. The molecular weight excluding hydrogens is 238 g/mol. The number of ether oxygens (including phenoxy) is 1. The van der Waals surface area contributed by atoms with Crippen LogP contribution in [0.2, 0.25) is 5.02 Å². The first-order chi connectivity index (χ1) is 8.15. The number of carbonyl (C=O) groups is 1. The second-order valence-corrected chi connectivity index (χ2v) is 4.26. The van der Waals surface area contributed by atoms with Crippen LogP contribution >= 0.6 is 11.6 Å². The van der Waals surface area contributed by atoms with Gasteiger partial charge in [-0.25, -0.2) is 0 Å². The van der Waals surface area contributed by atoms with Gasteiger partial charge in [-0.15, -0.1) is 0 Å². The minimum atomic E-state index is -0.166. The van der Waals surface area contributed by atoms with Crippen LogP contribution in [0.5, 0.6) is 0 Å².